The molecule has 2 amide bonds. The molecule has 1 fully saturated rings. The van der Waals surface area contributed by atoms with Crippen molar-refractivity contribution in [3.8, 4) is 5.75 Å². The second-order valence-corrected chi connectivity index (χ2v) is 7.55. The summed E-state index contributed by atoms with van der Waals surface area (Å²) in [6.45, 7) is 4.24. The van der Waals surface area contributed by atoms with Gasteiger partial charge in [0.25, 0.3) is 11.8 Å². The van der Waals surface area contributed by atoms with Gasteiger partial charge in [0.15, 0.2) is 0 Å². The molecule has 29 heavy (non-hydrogen) atoms. The summed E-state index contributed by atoms with van der Waals surface area (Å²) in [4.78, 5) is 27.2. The van der Waals surface area contributed by atoms with Gasteiger partial charge in [-0.2, -0.15) is 0 Å². The topological polar surface area (TPSA) is 58.6 Å². The van der Waals surface area contributed by atoms with E-state index in [9.17, 15) is 9.59 Å². The Balaban J connectivity index is 1.67. The van der Waals surface area contributed by atoms with Crippen molar-refractivity contribution in [1.29, 1.82) is 0 Å². The number of amides is 2. The molecule has 3 rings (SSSR count). The first-order valence-corrected chi connectivity index (χ1v) is 10.4. The molecule has 1 saturated heterocycles. The molecular formula is C24H30N2O3. The van der Waals surface area contributed by atoms with Gasteiger partial charge in [-0.15, -0.1) is 0 Å². The van der Waals surface area contributed by atoms with E-state index in [0.29, 0.717) is 24.2 Å². The second kappa shape index (κ2) is 10.1. The fourth-order valence-corrected chi connectivity index (χ4v) is 3.76. The minimum atomic E-state index is -0.0257. The Morgan fingerprint density at radius 1 is 1.14 bits per heavy atom. The first-order chi connectivity index (χ1) is 14.1. The molecule has 5 nitrogen and oxygen atoms in total. The fourth-order valence-electron chi connectivity index (χ4n) is 3.76. The van der Waals surface area contributed by atoms with Crippen LogP contribution in [0.5, 0.6) is 5.75 Å². The van der Waals surface area contributed by atoms with Gasteiger partial charge in [0, 0.05) is 36.7 Å². The van der Waals surface area contributed by atoms with E-state index >= 15 is 0 Å². The van der Waals surface area contributed by atoms with Gasteiger partial charge in [0.2, 0.25) is 0 Å². The number of piperidine rings is 1. The van der Waals surface area contributed by atoms with Crippen LogP contribution in [0.4, 0.5) is 0 Å². The van der Waals surface area contributed by atoms with E-state index in [1.54, 1.807) is 7.11 Å². The molecule has 2 aromatic carbocycles. The number of methoxy groups -OCH3 is 1. The Morgan fingerprint density at radius 3 is 2.66 bits per heavy atom. The predicted octanol–water partition coefficient (Wildman–Crippen LogP) is 4.24. The number of unbranched alkanes of at least 4 members (excludes halogenated alkanes) is 1. The standard InChI is InChI=1S/C24H30N2O3/c1-3-4-14-25-23(27)20-8-5-7-19(16-20)21-9-6-15-26(17-21)24(28)18-10-12-22(29-2)13-11-18/h5,7-8,10-13,16,21H,3-4,6,9,14-15,17H2,1-2H3,(H,25,27)/t21-/m0/s1. The van der Waals surface area contributed by atoms with Crippen molar-refractivity contribution in [2.75, 3.05) is 26.7 Å². The lowest BCUT2D eigenvalue weighted by atomic mass is 9.89. The van der Waals surface area contributed by atoms with Gasteiger partial charge < -0.3 is 15.0 Å². The molecule has 0 bridgehead atoms. The number of nitrogens with zero attached hydrogens (tertiary/aromatic N) is 1. The van der Waals surface area contributed by atoms with E-state index in [2.05, 4.69) is 18.3 Å². The molecule has 1 aliphatic heterocycles. The molecule has 154 valence electrons. The summed E-state index contributed by atoms with van der Waals surface area (Å²) in [7, 11) is 1.62. The monoisotopic (exact) mass is 394 g/mol. The normalized spacial score (nSPS) is 16.3. The summed E-state index contributed by atoms with van der Waals surface area (Å²) in [5, 5.41) is 2.97. The molecular weight excluding hydrogens is 364 g/mol. The van der Waals surface area contributed by atoms with E-state index in [0.717, 1.165) is 43.5 Å². The third kappa shape index (κ3) is 5.37. The summed E-state index contributed by atoms with van der Waals surface area (Å²) in [6, 6.07) is 15.1. The summed E-state index contributed by atoms with van der Waals surface area (Å²) >= 11 is 0. The Kier molecular flexibility index (Phi) is 7.28. The van der Waals surface area contributed by atoms with Gasteiger partial charge >= 0.3 is 0 Å². The lowest BCUT2D eigenvalue weighted by Gasteiger charge is -2.33. The molecule has 0 radical (unpaired) electrons. The van der Waals surface area contributed by atoms with Crippen molar-refractivity contribution in [2.24, 2.45) is 0 Å². The van der Waals surface area contributed by atoms with E-state index in [1.165, 1.54) is 0 Å². The van der Waals surface area contributed by atoms with Crippen LogP contribution in [0.3, 0.4) is 0 Å². The lowest BCUT2D eigenvalue weighted by molar-refractivity contribution is 0.0706. The number of benzene rings is 2. The van der Waals surface area contributed by atoms with Gasteiger partial charge in [0.1, 0.15) is 5.75 Å². The lowest BCUT2D eigenvalue weighted by Crippen LogP contribution is -2.39. The van der Waals surface area contributed by atoms with Crippen molar-refractivity contribution in [1.82, 2.24) is 10.2 Å². The molecule has 1 atom stereocenters. The molecule has 0 saturated carbocycles. The number of hydrogen-bond donors (Lipinski definition) is 1. The van der Waals surface area contributed by atoms with Crippen LogP contribution >= 0.6 is 0 Å². The molecule has 5 heteroatoms. The fraction of sp³-hybridized carbons (Fsp3) is 0.417. The number of nitrogens with one attached hydrogen (secondary N) is 1. The van der Waals surface area contributed by atoms with Crippen LogP contribution in [-0.2, 0) is 0 Å². The largest absolute Gasteiger partial charge is 0.497 e. The average molecular weight is 395 g/mol. The van der Waals surface area contributed by atoms with Crippen LogP contribution in [0.15, 0.2) is 48.5 Å². The smallest absolute Gasteiger partial charge is 0.253 e. The number of likely N-dealkylation sites (tertiary alicyclic amines) is 1. The summed E-state index contributed by atoms with van der Waals surface area (Å²) in [6.07, 6.45) is 4.02. The van der Waals surface area contributed by atoms with E-state index in [-0.39, 0.29) is 17.7 Å². The quantitative estimate of drug-likeness (QED) is 0.715. The van der Waals surface area contributed by atoms with Crippen molar-refractivity contribution < 1.29 is 14.3 Å². The SMILES string of the molecule is CCCCNC(=O)c1cccc([C@H]2CCCN(C(=O)c3ccc(OC)cc3)C2)c1. The van der Waals surface area contributed by atoms with E-state index in [4.69, 9.17) is 4.74 Å². The third-order valence-electron chi connectivity index (χ3n) is 5.48. The van der Waals surface area contributed by atoms with E-state index < -0.39 is 0 Å². The maximum absolute atomic E-state index is 12.9. The molecule has 1 heterocycles. The third-order valence-corrected chi connectivity index (χ3v) is 5.48. The highest BCUT2D eigenvalue weighted by atomic mass is 16.5. The summed E-state index contributed by atoms with van der Waals surface area (Å²) < 4.78 is 5.17. The van der Waals surface area contributed by atoms with Gasteiger partial charge in [-0.25, -0.2) is 0 Å². The Hall–Kier alpha value is -2.82. The van der Waals surface area contributed by atoms with Gasteiger partial charge in [-0.3, -0.25) is 9.59 Å². The molecule has 0 spiro atoms. The highest BCUT2D eigenvalue weighted by Gasteiger charge is 2.26. The minimum absolute atomic E-state index is 0.0257. The zero-order valence-corrected chi connectivity index (χ0v) is 17.3. The van der Waals surface area contributed by atoms with Crippen molar-refractivity contribution >= 4 is 11.8 Å². The minimum Gasteiger partial charge on any atom is -0.497 e. The number of carbonyl (C=O) groups is 2. The van der Waals surface area contributed by atoms with Crippen LogP contribution in [0.25, 0.3) is 0 Å². The zero-order valence-electron chi connectivity index (χ0n) is 17.3. The van der Waals surface area contributed by atoms with Crippen molar-refractivity contribution in [3.05, 3.63) is 65.2 Å². The van der Waals surface area contributed by atoms with Crippen LogP contribution in [-0.4, -0.2) is 43.5 Å². The zero-order chi connectivity index (χ0) is 20.6. The van der Waals surface area contributed by atoms with Crippen LogP contribution in [0.2, 0.25) is 0 Å². The number of rotatable bonds is 7. The maximum atomic E-state index is 12.9. The molecule has 1 N–H and O–H groups in total. The molecule has 2 aromatic rings. The highest BCUT2D eigenvalue weighted by molar-refractivity contribution is 5.95. The highest BCUT2D eigenvalue weighted by Crippen LogP contribution is 2.28. The Morgan fingerprint density at radius 2 is 1.93 bits per heavy atom. The molecule has 0 aromatic heterocycles. The number of carbonyl (C=O) groups excluding carboxylic acids is 2. The molecule has 1 aliphatic rings. The van der Waals surface area contributed by atoms with Crippen LogP contribution in [0.1, 0.15) is 64.8 Å². The number of ether oxygens (including phenoxy) is 1. The van der Waals surface area contributed by atoms with E-state index in [1.807, 2.05) is 47.4 Å². The van der Waals surface area contributed by atoms with Crippen LogP contribution < -0.4 is 10.1 Å². The second-order valence-electron chi connectivity index (χ2n) is 7.55. The van der Waals surface area contributed by atoms with Gasteiger partial charge in [-0.1, -0.05) is 25.5 Å². The molecule has 0 aliphatic carbocycles. The molecule has 0 unspecified atom stereocenters. The van der Waals surface area contributed by atoms with Gasteiger partial charge in [-0.05, 0) is 61.2 Å². The first-order valence-electron chi connectivity index (χ1n) is 10.4. The Labute approximate surface area is 173 Å². The first kappa shape index (κ1) is 20.9. The predicted molar refractivity (Wildman–Crippen MR) is 115 cm³/mol. The summed E-state index contributed by atoms with van der Waals surface area (Å²) in [5.74, 6) is 1.01. The maximum Gasteiger partial charge on any atom is 0.253 e. The summed E-state index contributed by atoms with van der Waals surface area (Å²) in [5.41, 5.74) is 2.49. The number of hydrogen-bond acceptors (Lipinski definition) is 3. The Bertz CT molecular complexity index is 832. The van der Waals surface area contributed by atoms with Crippen molar-refractivity contribution in [2.45, 2.75) is 38.5 Å². The van der Waals surface area contributed by atoms with Crippen molar-refractivity contribution in [3.63, 3.8) is 0 Å². The van der Waals surface area contributed by atoms with Crippen LogP contribution in [0, 0.1) is 0 Å². The van der Waals surface area contributed by atoms with Gasteiger partial charge in [0.05, 0.1) is 7.11 Å². The average Bonchev–Trinajstić information content (AvgIpc) is 2.79.